The maximum absolute atomic E-state index is 10.2. The molecule has 0 radical (unpaired) electrons. The Hall–Kier alpha value is -0.710. The normalized spacial score (nSPS) is 21.4. The van der Waals surface area contributed by atoms with Gasteiger partial charge in [0.05, 0.1) is 4.92 Å². The molecule has 0 aliphatic carbocycles. The standard InChI is InChI=1S/C7H12N2O2S/c1-2-8-4-3-5-12-7(8)6-9(10)11/h6H,2-5H2,1H3. The zero-order chi connectivity index (χ0) is 8.97. The number of thioether (sulfide) groups is 1. The Morgan fingerprint density at radius 2 is 2.58 bits per heavy atom. The van der Waals surface area contributed by atoms with E-state index in [1.54, 1.807) is 11.8 Å². The van der Waals surface area contributed by atoms with Crippen molar-refractivity contribution in [1.82, 2.24) is 4.90 Å². The molecule has 0 aromatic heterocycles. The van der Waals surface area contributed by atoms with E-state index in [-0.39, 0.29) is 4.92 Å². The van der Waals surface area contributed by atoms with E-state index in [2.05, 4.69) is 0 Å². The molecule has 4 nitrogen and oxygen atoms in total. The molecule has 1 rings (SSSR count). The predicted octanol–water partition coefficient (Wildman–Crippen LogP) is 1.52. The second-order valence-corrected chi connectivity index (χ2v) is 3.65. The van der Waals surface area contributed by atoms with E-state index >= 15 is 0 Å². The largest absolute Gasteiger partial charge is 0.362 e. The van der Waals surface area contributed by atoms with Crippen LogP contribution in [0.15, 0.2) is 11.2 Å². The van der Waals surface area contributed by atoms with Crippen molar-refractivity contribution < 1.29 is 4.92 Å². The molecule has 0 unspecified atom stereocenters. The molecule has 5 heteroatoms. The van der Waals surface area contributed by atoms with Crippen molar-refractivity contribution in [3.05, 3.63) is 21.3 Å². The first kappa shape index (κ1) is 9.38. The third-order valence-corrected chi connectivity index (χ3v) is 2.88. The maximum atomic E-state index is 10.2. The van der Waals surface area contributed by atoms with Crippen LogP contribution in [0.4, 0.5) is 0 Å². The van der Waals surface area contributed by atoms with Crippen LogP contribution in [0.5, 0.6) is 0 Å². The van der Waals surface area contributed by atoms with E-state index in [1.165, 1.54) is 0 Å². The monoisotopic (exact) mass is 188 g/mol. The summed E-state index contributed by atoms with van der Waals surface area (Å²) in [5.74, 6) is 0.996. The third-order valence-electron chi connectivity index (χ3n) is 1.73. The summed E-state index contributed by atoms with van der Waals surface area (Å²) in [4.78, 5) is 11.9. The van der Waals surface area contributed by atoms with Gasteiger partial charge in [0.25, 0.3) is 6.20 Å². The lowest BCUT2D eigenvalue weighted by molar-refractivity contribution is -0.403. The number of hydrogen-bond acceptors (Lipinski definition) is 4. The molecule has 12 heavy (non-hydrogen) atoms. The Kier molecular flexibility index (Phi) is 3.40. The first-order chi connectivity index (χ1) is 5.74. The van der Waals surface area contributed by atoms with E-state index < -0.39 is 0 Å². The minimum atomic E-state index is -0.379. The van der Waals surface area contributed by atoms with Crippen LogP contribution in [0.3, 0.4) is 0 Å². The van der Waals surface area contributed by atoms with Crippen LogP contribution in [0.1, 0.15) is 13.3 Å². The molecule has 1 heterocycles. The maximum Gasteiger partial charge on any atom is 0.264 e. The number of rotatable bonds is 2. The average molecular weight is 188 g/mol. The summed E-state index contributed by atoms with van der Waals surface area (Å²) < 4.78 is 0. The highest BCUT2D eigenvalue weighted by molar-refractivity contribution is 8.03. The molecule has 0 bridgehead atoms. The van der Waals surface area contributed by atoms with Crippen molar-refractivity contribution in [2.45, 2.75) is 13.3 Å². The van der Waals surface area contributed by atoms with E-state index in [4.69, 9.17) is 0 Å². The van der Waals surface area contributed by atoms with E-state index in [0.29, 0.717) is 0 Å². The number of hydrogen-bond donors (Lipinski definition) is 0. The SMILES string of the molecule is CCN1CCCSC1=C[N+](=O)[O-]. The van der Waals surface area contributed by atoms with Gasteiger partial charge in [-0.3, -0.25) is 10.1 Å². The molecular weight excluding hydrogens is 176 g/mol. The van der Waals surface area contributed by atoms with Crippen molar-refractivity contribution in [2.75, 3.05) is 18.8 Å². The van der Waals surface area contributed by atoms with Gasteiger partial charge in [0.1, 0.15) is 5.03 Å². The quantitative estimate of drug-likeness (QED) is 0.487. The topological polar surface area (TPSA) is 46.4 Å². The summed E-state index contributed by atoms with van der Waals surface area (Å²) in [6.07, 6.45) is 2.22. The molecule has 68 valence electrons. The Balaban J connectivity index is 2.64. The third kappa shape index (κ3) is 2.41. The zero-order valence-electron chi connectivity index (χ0n) is 7.02. The molecule has 1 aliphatic heterocycles. The van der Waals surface area contributed by atoms with Crippen LogP contribution in [0.25, 0.3) is 0 Å². The fourth-order valence-electron chi connectivity index (χ4n) is 1.16. The fourth-order valence-corrected chi connectivity index (χ4v) is 2.20. The smallest absolute Gasteiger partial charge is 0.264 e. The lowest BCUT2D eigenvalue weighted by Crippen LogP contribution is -2.27. The molecule has 0 N–H and O–H groups in total. The fraction of sp³-hybridized carbons (Fsp3) is 0.714. The Labute approximate surface area is 75.8 Å². The summed E-state index contributed by atoms with van der Waals surface area (Å²) in [7, 11) is 0. The average Bonchev–Trinajstić information content (AvgIpc) is 2.04. The van der Waals surface area contributed by atoms with Gasteiger partial charge in [-0.1, -0.05) is 0 Å². The van der Waals surface area contributed by atoms with Gasteiger partial charge in [-0.05, 0) is 13.3 Å². The predicted molar refractivity (Wildman–Crippen MR) is 49.4 cm³/mol. The highest BCUT2D eigenvalue weighted by atomic mass is 32.2. The van der Waals surface area contributed by atoms with Crippen LogP contribution in [-0.4, -0.2) is 28.7 Å². The van der Waals surface area contributed by atoms with Gasteiger partial charge in [0.2, 0.25) is 0 Å². The summed E-state index contributed by atoms with van der Waals surface area (Å²) in [6, 6.07) is 0. The lowest BCUT2D eigenvalue weighted by atomic mass is 10.4. The van der Waals surface area contributed by atoms with E-state index in [0.717, 1.165) is 36.5 Å². The lowest BCUT2D eigenvalue weighted by Gasteiger charge is -2.27. The second-order valence-electron chi connectivity index (χ2n) is 2.53. The van der Waals surface area contributed by atoms with Crippen LogP contribution >= 0.6 is 11.8 Å². The number of nitro groups is 1. The molecule has 0 amide bonds. The first-order valence-corrected chi connectivity index (χ1v) is 4.95. The van der Waals surface area contributed by atoms with Crippen LogP contribution < -0.4 is 0 Å². The highest BCUT2D eigenvalue weighted by Gasteiger charge is 2.16. The van der Waals surface area contributed by atoms with Crippen LogP contribution in [-0.2, 0) is 0 Å². The van der Waals surface area contributed by atoms with E-state index in [1.807, 2.05) is 11.8 Å². The minimum Gasteiger partial charge on any atom is -0.362 e. The molecule has 0 spiro atoms. The molecule has 1 fully saturated rings. The molecular formula is C7H12N2O2S. The Morgan fingerprint density at radius 1 is 1.83 bits per heavy atom. The second kappa shape index (κ2) is 4.35. The van der Waals surface area contributed by atoms with Gasteiger partial charge in [-0.2, -0.15) is 0 Å². The van der Waals surface area contributed by atoms with Crippen molar-refractivity contribution >= 4 is 11.8 Å². The number of nitrogens with zero attached hydrogens (tertiary/aromatic N) is 2. The van der Waals surface area contributed by atoms with Crippen molar-refractivity contribution in [3.8, 4) is 0 Å². The van der Waals surface area contributed by atoms with Gasteiger partial charge in [-0.25, -0.2) is 0 Å². The summed E-state index contributed by atoms with van der Waals surface area (Å²) >= 11 is 1.57. The van der Waals surface area contributed by atoms with Crippen LogP contribution in [0.2, 0.25) is 0 Å². The van der Waals surface area contributed by atoms with Crippen molar-refractivity contribution in [2.24, 2.45) is 0 Å². The molecule has 0 atom stereocenters. The zero-order valence-corrected chi connectivity index (χ0v) is 7.84. The van der Waals surface area contributed by atoms with Crippen molar-refractivity contribution in [3.63, 3.8) is 0 Å². The van der Waals surface area contributed by atoms with Gasteiger partial charge >= 0.3 is 0 Å². The Morgan fingerprint density at radius 3 is 3.17 bits per heavy atom. The molecule has 1 saturated heterocycles. The molecule has 0 saturated carbocycles. The summed E-state index contributed by atoms with van der Waals surface area (Å²) in [6.45, 7) is 3.81. The van der Waals surface area contributed by atoms with Crippen LogP contribution in [0, 0.1) is 10.1 Å². The first-order valence-electron chi connectivity index (χ1n) is 3.97. The van der Waals surface area contributed by atoms with Gasteiger partial charge in [0.15, 0.2) is 0 Å². The van der Waals surface area contributed by atoms with Gasteiger partial charge in [-0.15, -0.1) is 11.8 Å². The molecule has 1 aliphatic rings. The Bertz CT molecular complexity index is 206. The minimum absolute atomic E-state index is 0.379. The molecule has 0 aromatic carbocycles. The van der Waals surface area contributed by atoms with Gasteiger partial charge < -0.3 is 4.90 Å². The van der Waals surface area contributed by atoms with Gasteiger partial charge in [0, 0.05) is 18.8 Å². The van der Waals surface area contributed by atoms with E-state index in [9.17, 15) is 10.1 Å². The highest BCUT2D eigenvalue weighted by Crippen LogP contribution is 2.25. The molecule has 0 aromatic rings. The summed E-state index contributed by atoms with van der Waals surface area (Å²) in [5, 5.41) is 11.0. The summed E-state index contributed by atoms with van der Waals surface area (Å²) in [5.41, 5.74) is 0. The van der Waals surface area contributed by atoms with Crippen molar-refractivity contribution in [1.29, 1.82) is 0 Å².